The lowest BCUT2D eigenvalue weighted by Gasteiger charge is -2.02. The van der Waals surface area contributed by atoms with E-state index in [1.165, 1.54) is 6.33 Å². The van der Waals surface area contributed by atoms with Gasteiger partial charge >= 0.3 is 0 Å². The first kappa shape index (κ1) is 9.98. The lowest BCUT2D eigenvalue weighted by atomic mass is 10.1. The molecule has 78 valence electrons. The van der Waals surface area contributed by atoms with Crippen LogP contribution in [0.1, 0.15) is 11.4 Å². The highest BCUT2D eigenvalue weighted by Gasteiger charge is 2.00. The molecule has 3 N–H and O–H groups in total. The molecule has 5 heteroatoms. The van der Waals surface area contributed by atoms with Gasteiger partial charge in [0.2, 0.25) is 0 Å². The average Bonchev–Trinajstić information content (AvgIpc) is 2.73. The minimum Gasteiger partial charge on any atom is -0.398 e. The van der Waals surface area contributed by atoms with Crippen molar-refractivity contribution in [2.24, 2.45) is 0 Å². The number of benzene rings is 1. The first-order chi connectivity index (χ1) is 7.25. The Kier molecular flexibility index (Phi) is 2.87. The quantitative estimate of drug-likeness (QED) is 0.779. The molecule has 4 nitrogen and oxygen atoms in total. The summed E-state index contributed by atoms with van der Waals surface area (Å²) in [7, 11) is 0. The van der Waals surface area contributed by atoms with Gasteiger partial charge in [-0.3, -0.25) is 5.10 Å². The molecule has 2 rings (SSSR count). The molecule has 0 radical (unpaired) electrons. The molecule has 2 aromatic rings. The van der Waals surface area contributed by atoms with E-state index >= 15 is 0 Å². The number of halogens is 1. The molecule has 0 aliphatic rings. The van der Waals surface area contributed by atoms with E-state index in [0.717, 1.165) is 24.2 Å². The molecular weight excluding hydrogens is 212 g/mol. The fourth-order valence-corrected chi connectivity index (χ4v) is 1.48. The molecule has 0 saturated carbocycles. The van der Waals surface area contributed by atoms with Gasteiger partial charge in [-0.05, 0) is 24.1 Å². The van der Waals surface area contributed by atoms with Crippen molar-refractivity contribution in [3.63, 3.8) is 0 Å². The first-order valence-electron chi connectivity index (χ1n) is 4.64. The number of aromatic nitrogens is 3. The Morgan fingerprint density at radius 3 is 2.87 bits per heavy atom. The fourth-order valence-electron chi connectivity index (χ4n) is 1.36. The second kappa shape index (κ2) is 4.31. The summed E-state index contributed by atoms with van der Waals surface area (Å²) in [5.74, 6) is 0.878. The molecule has 15 heavy (non-hydrogen) atoms. The van der Waals surface area contributed by atoms with Gasteiger partial charge in [0.05, 0.1) is 10.7 Å². The number of nitrogens with zero attached hydrogens (tertiary/aromatic N) is 2. The van der Waals surface area contributed by atoms with E-state index in [0.29, 0.717) is 10.7 Å². The van der Waals surface area contributed by atoms with E-state index in [-0.39, 0.29) is 0 Å². The molecule has 0 saturated heterocycles. The topological polar surface area (TPSA) is 67.6 Å². The summed E-state index contributed by atoms with van der Waals surface area (Å²) >= 11 is 5.83. The molecule has 1 heterocycles. The van der Waals surface area contributed by atoms with Crippen LogP contribution in [-0.2, 0) is 12.8 Å². The van der Waals surface area contributed by atoms with Crippen molar-refractivity contribution in [3.8, 4) is 0 Å². The van der Waals surface area contributed by atoms with Crippen molar-refractivity contribution in [3.05, 3.63) is 40.9 Å². The molecule has 0 aliphatic heterocycles. The largest absolute Gasteiger partial charge is 0.398 e. The van der Waals surface area contributed by atoms with Crippen LogP contribution in [0.25, 0.3) is 0 Å². The number of nitrogens with one attached hydrogen (secondary N) is 1. The smallest absolute Gasteiger partial charge is 0.137 e. The Bertz CT molecular complexity index is 439. The molecule has 0 aliphatic carbocycles. The van der Waals surface area contributed by atoms with Crippen LogP contribution in [0, 0.1) is 0 Å². The van der Waals surface area contributed by atoms with Crippen LogP contribution in [0.4, 0.5) is 5.69 Å². The van der Waals surface area contributed by atoms with E-state index in [9.17, 15) is 0 Å². The standard InChI is InChI=1S/C10H11ClN4/c11-8-3-1-7(5-9(8)12)2-4-10-13-6-14-15-10/h1,3,5-6H,2,4,12H2,(H,13,14,15). The molecule has 0 amide bonds. The summed E-state index contributed by atoms with van der Waals surface area (Å²) in [6.07, 6.45) is 3.20. The number of hydrogen-bond acceptors (Lipinski definition) is 3. The number of nitrogens with two attached hydrogens (primary N) is 1. The van der Waals surface area contributed by atoms with Gasteiger partial charge in [-0.1, -0.05) is 17.7 Å². The van der Waals surface area contributed by atoms with E-state index in [1.807, 2.05) is 18.2 Å². The number of aryl methyl sites for hydroxylation is 2. The number of hydrogen-bond donors (Lipinski definition) is 2. The number of anilines is 1. The zero-order chi connectivity index (χ0) is 10.7. The second-order valence-electron chi connectivity index (χ2n) is 3.29. The van der Waals surface area contributed by atoms with Crippen molar-refractivity contribution >= 4 is 17.3 Å². The van der Waals surface area contributed by atoms with E-state index < -0.39 is 0 Å². The number of H-pyrrole nitrogens is 1. The predicted octanol–water partition coefficient (Wildman–Crippen LogP) is 1.83. The lowest BCUT2D eigenvalue weighted by Crippen LogP contribution is -1.95. The normalized spacial score (nSPS) is 10.5. The summed E-state index contributed by atoms with van der Waals surface area (Å²) in [4.78, 5) is 4.05. The van der Waals surface area contributed by atoms with Gasteiger partial charge in [0.25, 0.3) is 0 Å². The predicted molar refractivity (Wildman–Crippen MR) is 59.7 cm³/mol. The number of nitrogen functional groups attached to an aromatic ring is 1. The van der Waals surface area contributed by atoms with E-state index in [4.69, 9.17) is 17.3 Å². The van der Waals surface area contributed by atoms with Gasteiger partial charge in [0.15, 0.2) is 0 Å². The Morgan fingerprint density at radius 1 is 1.33 bits per heavy atom. The van der Waals surface area contributed by atoms with Gasteiger partial charge in [0.1, 0.15) is 12.2 Å². The molecule has 0 spiro atoms. The third kappa shape index (κ3) is 2.47. The Hall–Kier alpha value is -1.55. The Morgan fingerprint density at radius 2 is 2.20 bits per heavy atom. The lowest BCUT2D eigenvalue weighted by molar-refractivity contribution is 0.865. The summed E-state index contributed by atoms with van der Waals surface area (Å²) in [6, 6.07) is 5.67. The number of aromatic amines is 1. The van der Waals surface area contributed by atoms with Gasteiger partial charge in [-0.15, -0.1) is 0 Å². The fraction of sp³-hybridized carbons (Fsp3) is 0.200. The van der Waals surface area contributed by atoms with Gasteiger partial charge < -0.3 is 5.73 Å². The van der Waals surface area contributed by atoms with Gasteiger partial charge in [0, 0.05) is 6.42 Å². The molecule has 0 fully saturated rings. The van der Waals surface area contributed by atoms with Crippen LogP contribution in [-0.4, -0.2) is 15.2 Å². The highest BCUT2D eigenvalue weighted by atomic mass is 35.5. The maximum atomic E-state index is 5.83. The van der Waals surface area contributed by atoms with Crippen LogP contribution >= 0.6 is 11.6 Å². The van der Waals surface area contributed by atoms with Crippen molar-refractivity contribution in [1.29, 1.82) is 0 Å². The first-order valence-corrected chi connectivity index (χ1v) is 5.01. The summed E-state index contributed by atoms with van der Waals surface area (Å²) < 4.78 is 0. The molecule has 0 unspecified atom stereocenters. The van der Waals surface area contributed by atoms with Crippen LogP contribution in [0.2, 0.25) is 5.02 Å². The molecule has 1 aromatic heterocycles. The van der Waals surface area contributed by atoms with E-state index in [2.05, 4.69) is 15.2 Å². The van der Waals surface area contributed by atoms with Crippen molar-refractivity contribution in [1.82, 2.24) is 15.2 Å². The minimum atomic E-state index is 0.596. The molecule has 0 atom stereocenters. The van der Waals surface area contributed by atoms with Crippen molar-refractivity contribution in [2.75, 3.05) is 5.73 Å². The zero-order valence-electron chi connectivity index (χ0n) is 8.07. The maximum absolute atomic E-state index is 5.83. The van der Waals surface area contributed by atoms with Gasteiger partial charge in [-0.25, -0.2) is 4.98 Å². The number of rotatable bonds is 3. The van der Waals surface area contributed by atoms with Crippen molar-refractivity contribution in [2.45, 2.75) is 12.8 Å². The third-order valence-corrected chi connectivity index (χ3v) is 2.52. The van der Waals surface area contributed by atoms with Crippen LogP contribution < -0.4 is 5.73 Å². The Labute approximate surface area is 92.5 Å². The highest BCUT2D eigenvalue weighted by molar-refractivity contribution is 6.33. The van der Waals surface area contributed by atoms with Gasteiger partial charge in [-0.2, -0.15) is 5.10 Å². The SMILES string of the molecule is Nc1cc(CCc2ncn[nH]2)ccc1Cl. The minimum absolute atomic E-state index is 0.596. The molecule has 0 bridgehead atoms. The zero-order valence-corrected chi connectivity index (χ0v) is 8.83. The second-order valence-corrected chi connectivity index (χ2v) is 3.70. The molecule has 1 aromatic carbocycles. The van der Waals surface area contributed by atoms with Crippen LogP contribution in [0.5, 0.6) is 0 Å². The molecular formula is C10H11ClN4. The average molecular weight is 223 g/mol. The Balaban J connectivity index is 2.02. The maximum Gasteiger partial charge on any atom is 0.137 e. The monoisotopic (exact) mass is 222 g/mol. The van der Waals surface area contributed by atoms with Crippen LogP contribution in [0.15, 0.2) is 24.5 Å². The summed E-state index contributed by atoms with van der Waals surface area (Å²) in [5.41, 5.74) is 7.47. The third-order valence-electron chi connectivity index (χ3n) is 2.18. The van der Waals surface area contributed by atoms with E-state index in [1.54, 1.807) is 0 Å². The summed E-state index contributed by atoms with van der Waals surface area (Å²) in [6.45, 7) is 0. The van der Waals surface area contributed by atoms with Crippen molar-refractivity contribution < 1.29 is 0 Å². The van der Waals surface area contributed by atoms with Crippen LogP contribution in [0.3, 0.4) is 0 Å². The highest BCUT2D eigenvalue weighted by Crippen LogP contribution is 2.20. The summed E-state index contributed by atoms with van der Waals surface area (Å²) in [5, 5.41) is 7.19.